The van der Waals surface area contributed by atoms with E-state index in [-0.39, 0.29) is 0 Å². The Morgan fingerprint density at radius 1 is 1.24 bits per heavy atom. The summed E-state index contributed by atoms with van der Waals surface area (Å²) in [5, 5.41) is 13.6. The Bertz CT molecular complexity index is 608. The van der Waals surface area contributed by atoms with Crippen LogP contribution in [-0.4, -0.2) is 41.3 Å². The van der Waals surface area contributed by atoms with Crippen molar-refractivity contribution in [2.24, 2.45) is 5.92 Å². The Morgan fingerprint density at radius 2 is 2.00 bits per heavy atom. The van der Waals surface area contributed by atoms with Crippen LogP contribution in [0.3, 0.4) is 0 Å². The van der Waals surface area contributed by atoms with Crippen molar-refractivity contribution in [2.45, 2.75) is 19.8 Å². The lowest BCUT2D eigenvalue weighted by molar-refractivity contribution is 0.203. The van der Waals surface area contributed by atoms with Crippen LogP contribution in [-0.2, 0) is 0 Å². The van der Waals surface area contributed by atoms with Crippen LogP contribution in [0.2, 0.25) is 0 Å². The van der Waals surface area contributed by atoms with E-state index in [2.05, 4.69) is 21.3 Å². The first kappa shape index (κ1) is 14.1. The van der Waals surface area contributed by atoms with Crippen molar-refractivity contribution in [3.63, 3.8) is 0 Å². The number of piperidine rings is 1. The molecule has 2 N–H and O–H groups in total. The van der Waals surface area contributed by atoms with Crippen LogP contribution >= 0.6 is 0 Å². The monoisotopic (exact) mass is 286 g/mol. The average molecular weight is 286 g/mol. The molecule has 0 bridgehead atoms. The van der Waals surface area contributed by atoms with E-state index in [0.717, 1.165) is 49.2 Å². The van der Waals surface area contributed by atoms with Gasteiger partial charge >= 0.3 is 0 Å². The van der Waals surface area contributed by atoms with Gasteiger partial charge in [-0.2, -0.15) is 4.98 Å². The van der Waals surface area contributed by atoms with Crippen molar-refractivity contribution in [1.29, 1.82) is 0 Å². The molecule has 0 amide bonds. The van der Waals surface area contributed by atoms with Gasteiger partial charge in [0.15, 0.2) is 0 Å². The Hall–Kier alpha value is -1.88. The van der Waals surface area contributed by atoms with Crippen LogP contribution in [0, 0.1) is 5.92 Å². The summed E-state index contributed by atoms with van der Waals surface area (Å²) in [5.41, 5.74) is 0.975. The fourth-order valence-electron chi connectivity index (χ4n) is 2.87. The van der Waals surface area contributed by atoms with Gasteiger partial charge in [0.2, 0.25) is 5.95 Å². The molecule has 1 fully saturated rings. The highest BCUT2D eigenvalue weighted by molar-refractivity contribution is 5.90. The van der Waals surface area contributed by atoms with Crippen LogP contribution in [0.25, 0.3) is 10.9 Å². The van der Waals surface area contributed by atoms with E-state index in [4.69, 9.17) is 4.98 Å². The molecular weight excluding hydrogens is 264 g/mol. The number of anilines is 2. The van der Waals surface area contributed by atoms with Gasteiger partial charge in [-0.25, -0.2) is 4.98 Å². The molecule has 0 saturated carbocycles. The standard InChI is InChI=1S/C16H22N4O/c1-2-17-16-18-14-6-4-3-5-13(14)15(19-16)20-9-7-12(11-21)8-10-20/h3-6,12,21H,2,7-11H2,1H3,(H,17,18,19). The number of rotatable bonds is 4. The normalized spacial score (nSPS) is 16.4. The summed E-state index contributed by atoms with van der Waals surface area (Å²) in [6, 6.07) is 8.15. The summed E-state index contributed by atoms with van der Waals surface area (Å²) in [5.74, 6) is 2.13. The molecule has 1 aliphatic heterocycles. The topological polar surface area (TPSA) is 61.3 Å². The molecule has 112 valence electrons. The highest BCUT2D eigenvalue weighted by atomic mass is 16.3. The Kier molecular flexibility index (Phi) is 4.20. The molecule has 1 aliphatic rings. The summed E-state index contributed by atoms with van der Waals surface area (Å²) in [6.45, 7) is 5.03. The third-order valence-corrected chi connectivity index (χ3v) is 4.09. The number of aliphatic hydroxyl groups excluding tert-OH is 1. The number of hydrogen-bond acceptors (Lipinski definition) is 5. The summed E-state index contributed by atoms with van der Waals surface area (Å²) < 4.78 is 0. The number of benzene rings is 1. The second-order valence-electron chi connectivity index (χ2n) is 5.53. The molecule has 21 heavy (non-hydrogen) atoms. The summed E-state index contributed by atoms with van der Waals surface area (Å²) in [6.07, 6.45) is 2.04. The van der Waals surface area contributed by atoms with E-state index in [0.29, 0.717) is 18.5 Å². The van der Waals surface area contributed by atoms with Gasteiger partial charge in [0.05, 0.1) is 5.52 Å². The predicted molar refractivity (Wildman–Crippen MR) is 85.7 cm³/mol. The van der Waals surface area contributed by atoms with Crippen LogP contribution in [0.5, 0.6) is 0 Å². The van der Waals surface area contributed by atoms with Crippen molar-refractivity contribution in [3.05, 3.63) is 24.3 Å². The maximum atomic E-state index is 9.28. The highest BCUT2D eigenvalue weighted by Crippen LogP contribution is 2.28. The van der Waals surface area contributed by atoms with Gasteiger partial charge in [0.1, 0.15) is 5.82 Å². The number of para-hydroxylation sites is 1. The van der Waals surface area contributed by atoms with Crippen molar-refractivity contribution in [3.8, 4) is 0 Å². The van der Waals surface area contributed by atoms with Gasteiger partial charge < -0.3 is 15.3 Å². The molecule has 0 radical (unpaired) electrons. The smallest absolute Gasteiger partial charge is 0.225 e. The average Bonchev–Trinajstić information content (AvgIpc) is 2.54. The first-order valence-corrected chi connectivity index (χ1v) is 7.68. The van der Waals surface area contributed by atoms with Crippen LogP contribution in [0.1, 0.15) is 19.8 Å². The van der Waals surface area contributed by atoms with Crippen molar-refractivity contribution >= 4 is 22.7 Å². The first-order chi connectivity index (χ1) is 10.3. The maximum Gasteiger partial charge on any atom is 0.225 e. The van der Waals surface area contributed by atoms with Gasteiger partial charge in [-0.15, -0.1) is 0 Å². The second-order valence-corrected chi connectivity index (χ2v) is 5.53. The molecule has 0 unspecified atom stereocenters. The number of aromatic nitrogens is 2. The van der Waals surface area contributed by atoms with Crippen molar-refractivity contribution in [2.75, 3.05) is 36.5 Å². The predicted octanol–water partition coefficient (Wildman–Crippen LogP) is 2.27. The second kappa shape index (κ2) is 6.26. The Balaban J connectivity index is 1.96. The lowest BCUT2D eigenvalue weighted by Crippen LogP contribution is -2.35. The molecule has 1 saturated heterocycles. The first-order valence-electron chi connectivity index (χ1n) is 7.68. The molecule has 2 aromatic rings. The number of nitrogens with zero attached hydrogens (tertiary/aromatic N) is 3. The molecule has 5 nitrogen and oxygen atoms in total. The van der Waals surface area contributed by atoms with Crippen LogP contribution in [0.4, 0.5) is 11.8 Å². The lowest BCUT2D eigenvalue weighted by Gasteiger charge is -2.32. The summed E-state index contributed by atoms with van der Waals surface area (Å²) in [4.78, 5) is 11.6. The molecule has 0 spiro atoms. The fourth-order valence-corrected chi connectivity index (χ4v) is 2.87. The molecule has 0 aliphatic carbocycles. The SMILES string of the molecule is CCNc1nc(N2CCC(CO)CC2)c2ccccc2n1. The summed E-state index contributed by atoms with van der Waals surface area (Å²) >= 11 is 0. The lowest BCUT2D eigenvalue weighted by atomic mass is 9.98. The van der Waals surface area contributed by atoms with Gasteiger partial charge in [-0.1, -0.05) is 12.1 Å². The Morgan fingerprint density at radius 3 is 2.71 bits per heavy atom. The van der Waals surface area contributed by atoms with Crippen LogP contribution < -0.4 is 10.2 Å². The maximum absolute atomic E-state index is 9.28. The summed E-state index contributed by atoms with van der Waals surface area (Å²) in [7, 11) is 0. The Labute approximate surface area is 125 Å². The highest BCUT2D eigenvalue weighted by Gasteiger charge is 2.21. The molecule has 2 heterocycles. The molecule has 1 aromatic carbocycles. The van der Waals surface area contributed by atoms with Gasteiger partial charge in [0, 0.05) is 31.6 Å². The number of hydrogen-bond donors (Lipinski definition) is 2. The van der Waals surface area contributed by atoms with Crippen LogP contribution in [0.15, 0.2) is 24.3 Å². The number of aliphatic hydroxyl groups is 1. The van der Waals surface area contributed by atoms with E-state index < -0.39 is 0 Å². The molecule has 5 heteroatoms. The number of fused-ring (bicyclic) bond motifs is 1. The number of nitrogens with one attached hydrogen (secondary N) is 1. The molecule has 3 rings (SSSR count). The van der Waals surface area contributed by atoms with E-state index in [1.807, 2.05) is 25.1 Å². The minimum Gasteiger partial charge on any atom is -0.396 e. The quantitative estimate of drug-likeness (QED) is 0.903. The molecular formula is C16H22N4O. The zero-order valence-corrected chi connectivity index (χ0v) is 12.4. The van der Waals surface area contributed by atoms with Crippen molar-refractivity contribution in [1.82, 2.24) is 9.97 Å². The zero-order valence-electron chi connectivity index (χ0n) is 12.4. The minimum atomic E-state index is 0.293. The molecule has 0 atom stereocenters. The van der Waals surface area contributed by atoms with E-state index >= 15 is 0 Å². The van der Waals surface area contributed by atoms with E-state index in [1.54, 1.807) is 0 Å². The van der Waals surface area contributed by atoms with E-state index in [9.17, 15) is 5.11 Å². The zero-order chi connectivity index (χ0) is 14.7. The molecule has 1 aromatic heterocycles. The van der Waals surface area contributed by atoms with Gasteiger partial charge in [-0.3, -0.25) is 0 Å². The van der Waals surface area contributed by atoms with Gasteiger partial charge in [0.25, 0.3) is 0 Å². The fraction of sp³-hybridized carbons (Fsp3) is 0.500. The minimum absolute atomic E-state index is 0.293. The van der Waals surface area contributed by atoms with Crippen molar-refractivity contribution < 1.29 is 5.11 Å². The third-order valence-electron chi connectivity index (χ3n) is 4.09. The largest absolute Gasteiger partial charge is 0.396 e. The van der Waals surface area contributed by atoms with E-state index in [1.165, 1.54) is 0 Å². The van der Waals surface area contributed by atoms with Gasteiger partial charge in [-0.05, 0) is 37.8 Å². The third kappa shape index (κ3) is 2.93.